The van der Waals surface area contributed by atoms with Crippen LogP contribution in [-0.2, 0) is 37.4 Å². The maximum absolute atomic E-state index is 13.0. The third kappa shape index (κ3) is 5.57. The van der Waals surface area contributed by atoms with Crippen LogP contribution in [-0.4, -0.2) is 60.3 Å². The lowest BCUT2D eigenvalue weighted by atomic mass is 10.3. The summed E-state index contributed by atoms with van der Waals surface area (Å²) < 4.78 is 40.0. The Hall–Kier alpha value is -2.40. The quantitative estimate of drug-likeness (QED) is 0.336. The molecule has 1 aromatic heterocycles. The van der Waals surface area contributed by atoms with Crippen molar-refractivity contribution in [3.05, 3.63) is 54.4 Å². The molecule has 1 fully saturated rings. The Kier molecular flexibility index (Phi) is 7.69. The third-order valence-electron chi connectivity index (χ3n) is 5.40. The van der Waals surface area contributed by atoms with Crippen LogP contribution in [0.1, 0.15) is 19.2 Å². The molecule has 1 saturated heterocycles. The van der Waals surface area contributed by atoms with Crippen molar-refractivity contribution >= 4 is 38.8 Å². The minimum Gasteiger partial charge on any atom is -0.457 e. The van der Waals surface area contributed by atoms with E-state index in [-0.39, 0.29) is 17.5 Å². The largest absolute Gasteiger partial charge is 0.457 e. The van der Waals surface area contributed by atoms with Crippen LogP contribution in [0, 0.1) is 0 Å². The molecule has 0 bridgehead atoms. The predicted octanol–water partition coefficient (Wildman–Crippen LogP) is 3.30. The van der Waals surface area contributed by atoms with E-state index in [0.717, 1.165) is 10.4 Å². The van der Waals surface area contributed by atoms with Gasteiger partial charge in [0.25, 0.3) is 0 Å². The highest BCUT2D eigenvalue weighted by Gasteiger charge is 2.27. The maximum Gasteiger partial charge on any atom is 0.307 e. The number of fused-ring (bicyclic) bond motifs is 1. The van der Waals surface area contributed by atoms with Gasteiger partial charge in [-0.15, -0.1) is 11.8 Å². The SMILES string of the molecule is CCn1c(COC(=O)CCSc2ccccc2)nc2cc(S(=O)(=O)N3CCOCC3)ccc21. The maximum atomic E-state index is 13.0. The minimum atomic E-state index is -3.61. The lowest BCUT2D eigenvalue weighted by Gasteiger charge is -2.26. The van der Waals surface area contributed by atoms with Crippen molar-refractivity contribution in [2.45, 2.75) is 36.3 Å². The zero-order valence-corrected chi connectivity index (χ0v) is 20.1. The lowest BCUT2D eigenvalue weighted by molar-refractivity contribution is -0.144. The van der Waals surface area contributed by atoms with E-state index in [9.17, 15) is 13.2 Å². The zero-order valence-electron chi connectivity index (χ0n) is 18.5. The van der Waals surface area contributed by atoms with Gasteiger partial charge in [-0.2, -0.15) is 4.31 Å². The van der Waals surface area contributed by atoms with Gasteiger partial charge in [-0.05, 0) is 37.3 Å². The normalized spacial score (nSPS) is 15.1. The number of imidazole rings is 1. The van der Waals surface area contributed by atoms with Crippen molar-refractivity contribution in [2.24, 2.45) is 0 Å². The smallest absolute Gasteiger partial charge is 0.307 e. The van der Waals surface area contributed by atoms with E-state index < -0.39 is 10.0 Å². The second-order valence-electron chi connectivity index (χ2n) is 7.51. The van der Waals surface area contributed by atoms with Gasteiger partial charge in [0.2, 0.25) is 10.0 Å². The minimum absolute atomic E-state index is 0.0445. The number of aromatic nitrogens is 2. The molecule has 0 amide bonds. The first-order chi connectivity index (χ1) is 16.0. The topological polar surface area (TPSA) is 90.7 Å². The van der Waals surface area contributed by atoms with E-state index in [2.05, 4.69) is 4.98 Å². The number of sulfonamides is 1. The summed E-state index contributed by atoms with van der Waals surface area (Å²) in [6, 6.07) is 14.9. The molecule has 2 heterocycles. The predicted molar refractivity (Wildman–Crippen MR) is 127 cm³/mol. The van der Waals surface area contributed by atoms with E-state index in [0.29, 0.717) is 56.4 Å². The fourth-order valence-corrected chi connectivity index (χ4v) is 5.99. The molecule has 0 atom stereocenters. The van der Waals surface area contributed by atoms with Crippen molar-refractivity contribution in [3.63, 3.8) is 0 Å². The van der Waals surface area contributed by atoms with Gasteiger partial charge in [0.05, 0.1) is 35.6 Å². The molecular formula is C23H27N3O5S2. The average Bonchev–Trinajstić information content (AvgIpc) is 3.20. The van der Waals surface area contributed by atoms with Crippen molar-refractivity contribution in [3.8, 4) is 0 Å². The summed E-state index contributed by atoms with van der Waals surface area (Å²) >= 11 is 1.61. The molecule has 0 spiro atoms. The summed E-state index contributed by atoms with van der Waals surface area (Å²) in [5.41, 5.74) is 1.38. The molecule has 2 aromatic carbocycles. The van der Waals surface area contributed by atoms with Crippen LogP contribution in [0.3, 0.4) is 0 Å². The third-order valence-corrected chi connectivity index (χ3v) is 8.31. The number of benzene rings is 2. The highest BCUT2D eigenvalue weighted by molar-refractivity contribution is 7.99. The number of rotatable bonds is 9. The van der Waals surface area contributed by atoms with Crippen molar-refractivity contribution < 1.29 is 22.7 Å². The molecule has 33 heavy (non-hydrogen) atoms. The van der Waals surface area contributed by atoms with E-state index >= 15 is 0 Å². The van der Waals surface area contributed by atoms with Crippen molar-refractivity contribution in [1.29, 1.82) is 0 Å². The molecule has 176 valence electrons. The van der Waals surface area contributed by atoms with Gasteiger partial charge in [-0.25, -0.2) is 13.4 Å². The summed E-state index contributed by atoms with van der Waals surface area (Å²) in [6.45, 7) is 4.12. The fourth-order valence-electron chi connectivity index (χ4n) is 3.71. The summed E-state index contributed by atoms with van der Waals surface area (Å²) in [6.07, 6.45) is 0.299. The highest BCUT2D eigenvalue weighted by Crippen LogP contribution is 2.24. The van der Waals surface area contributed by atoms with Crippen LogP contribution in [0.15, 0.2) is 58.3 Å². The first-order valence-electron chi connectivity index (χ1n) is 10.9. The van der Waals surface area contributed by atoms with Crippen molar-refractivity contribution in [1.82, 2.24) is 13.9 Å². The first-order valence-corrected chi connectivity index (χ1v) is 13.3. The molecule has 8 nitrogen and oxygen atoms in total. The second-order valence-corrected chi connectivity index (χ2v) is 10.6. The van der Waals surface area contributed by atoms with Crippen LogP contribution in [0.4, 0.5) is 0 Å². The van der Waals surface area contributed by atoms with E-state index in [1.165, 1.54) is 4.31 Å². The number of hydrogen-bond acceptors (Lipinski definition) is 7. The van der Waals surface area contributed by atoms with Crippen LogP contribution < -0.4 is 0 Å². The number of carbonyl (C=O) groups excluding carboxylic acids is 1. The van der Waals surface area contributed by atoms with Gasteiger partial charge in [0, 0.05) is 30.3 Å². The van der Waals surface area contributed by atoms with Crippen LogP contribution in [0.25, 0.3) is 11.0 Å². The number of ether oxygens (including phenoxy) is 2. The number of aryl methyl sites for hydroxylation is 1. The Morgan fingerprint density at radius 1 is 1.15 bits per heavy atom. The highest BCUT2D eigenvalue weighted by atomic mass is 32.2. The van der Waals surface area contributed by atoms with Gasteiger partial charge in [0.15, 0.2) is 0 Å². The molecule has 3 aromatic rings. The Morgan fingerprint density at radius 3 is 2.64 bits per heavy atom. The van der Waals surface area contributed by atoms with Gasteiger partial charge >= 0.3 is 5.97 Å². The van der Waals surface area contributed by atoms with E-state index in [4.69, 9.17) is 9.47 Å². The van der Waals surface area contributed by atoms with Crippen LogP contribution >= 0.6 is 11.8 Å². The first kappa shape index (κ1) is 23.7. The number of esters is 1. The molecule has 0 saturated carbocycles. The Morgan fingerprint density at radius 2 is 1.91 bits per heavy atom. The molecule has 10 heteroatoms. The Labute approximate surface area is 197 Å². The lowest BCUT2D eigenvalue weighted by Crippen LogP contribution is -2.40. The molecule has 1 aliphatic rings. The van der Waals surface area contributed by atoms with Crippen LogP contribution in [0.5, 0.6) is 0 Å². The van der Waals surface area contributed by atoms with E-state index in [1.54, 1.807) is 30.0 Å². The zero-order chi connectivity index (χ0) is 23.3. The molecule has 0 N–H and O–H groups in total. The number of morpholine rings is 1. The van der Waals surface area contributed by atoms with E-state index in [1.807, 2.05) is 41.8 Å². The Bertz CT molecular complexity index is 1210. The summed E-state index contributed by atoms with van der Waals surface area (Å²) in [5, 5.41) is 0. The van der Waals surface area contributed by atoms with Crippen LogP contribution in [0.2, 0.25) is 0 Å². The summed E-state index contributed by atoms with van der Waals surface area (Å²) in [7, 11) is -3.61. The summed E-state index contributed by atoms with van der Waals surface area (Å²) in [4.78, 5) is 18.1. The molecule has 0 radical (unpaired) electrons. The number of thioether (sulfide) groups is 1. The molecule has 1 aliphatic heterocycles. The number of nitrogens with zero attached hydrogens (tertiary/aromatic N) is 3. The second kappa shape index (κ2) is 10.7. The number of hydrogen-bond donors (Lipinski definition) is 0. The van der Waals surface area contributed by atoms with Gasteiger partial charge in [-0.1, -0.05) is 18.2 Å². The fraction of sp³-hybridized carbons (Fsp3) is 0.391. The average molecular weight is 490 g/mol. The van der Waals surface area contributed by atoms with Crippen molar-refractivity contribution in [2.75, 3.05) is 32.1 Å². The molecule has 4 rings (SSSR count). The van der Waals surface area contributed by atoms with Gasteiger partial charge in [0.1, 0.15) is 12.4 Å². The summed E-state index contributed by atoms with van der Waals surface area (Å²) in [5.74, 6) is 0.941. The molecule has 0 aliphatic carbocycles. The monoisotopic (exact) mass is 489 g/mol. The number of carbonyl (C=O) groups is 1. The molecule has 0 unspecified atom stereocenters. The Balaban J connectivity index is 1.42. The molecular weight excluding hydrogens is 462 g/mol. The van der Waals surface area contributed by atoms with Gasteiger partial charge in [-0.3, -0.25) is 4.79 Å². The standard InChI is InChI=1S/C23H27N3O5S2/c1-2-26-21-9-8-19(33(28,29)25-11-13-30-14-12-25)16-20(21)24-22(26)17-31-23(27)10-15-32-18-6-4-3-5-7-18/h3-9,16H,2,10-15,17H2,1H3. The van der Waals surface area contributed by atoms with Gasteiger partial charge < -0.3 is 14.0 Å².